The van der Waals surface area contributed by atoms with Crippen LogP contribution < -0.4 is 5.73 Å². The Kier molecular flexibility index (Phi) is 3.88. The molecular formula is C12H12N2O2S2. The number of rotatable bonds is 4. The molecule has 0 unspecified atom stereocenters. The van der Waals surface area contributed by atoms with E-state index in [2.05, 4.69) is 4.98 Å². The van der Waals surface area contributed by atoms with Crippen LogP contribution >= 0.6 is 23.1 Å². The van der Waals surface area contributed by atoms with Crippen LogP contribution in [0.2, 0.25) is 0 Å². The van der Waals surface area contributed by atoms with Gasteiger partial charge in [-0.05, 0) is 24.6 Å². The van der Waals surface area contributed by atoms with Gasteiger partial charge in [0.1, 0.15) is 0 Å². The van der Waals surface area contributed by atoms with Gasteiger partial charge in [-0.25, -0.2) is 9.78 Å². The van der Waals surface area contributed by atoms with Gasteiger partial charge in [-0.1, -0.05) is 23.5 Å². The Bertz CT molecular complexity index is 581. The molecule has 6 heteroatoms. The van der Waals surface area contributed by atoms with E-state index in [1.54, 1.807) is 30.0 Å². The standard InChI is InChI=1S/C12H12N2O2S2/c1-7-11(18-12(13)14-7)17-6-8-3-2-4-9(5-8)10(15)16/h2-5H,6H2,1H3,(H2,13,14)(H,15,16). The van der Waals surface area contributed by atoms with Crippen molar-refractivity contribution in [2.45, 2.75) is 16.9 Å². The number of nitrogen functional groups attached to an aromatic ring is 1. The molecule has 0 atom stereocenters. The number of thioether (sulfide) groups is 1. The summed E-state index contributed by atoms with van der Waals surface area (Å²) < 4.78 is 1.08. The molecule has 1 aromatic heterocycles. The third-order valence-corrected chi connectivity index (χ3v) is 4.73. The fourth-order valence-electron chi connectivity index (χ4n) is 1.48. The minimum absolute atomic E-state index is 0.314. The van der Waals surface area contributed by atoms with Gasteiger partial charge in [0.2, 0.25) is 0 Å². The van der Waals surface area contributed by atoms with E-state index in [0.717, 1.165) is 15.5 Å². The topological polar surface area (TPSA) is 76.2 Å². The molecule has 0 saturated carbocycles. The van der Waals surface area contributed by atoms with E-state index in [9.17, 15) is 4.79 Å². The second kappa shape index (κ2) is 5.41. The van der Waals surface area contributed by atoms with Crippen LogP contribution in [-0.2, 0) is 5.75 Å². The first-order chi connectivity index (χ1) is 8.56. The molecule has 2 aromatic rings. The van der Waals surface area contributed by atoms with Crippen molar-refractivity contribution in [3.8, 4) is 0 Å². The fraction of sp³-hybridized carbons (Fsp3) is 0.167. The number of thiazole rings is 1. The number of hydrogen-bond acceptors (Lipinski definition) is 5. The summed E-state index contributed by atoms with van der Waals surface area (Å²) in [5.74, 6) is -0.191. The number of aromatic nitrogens is 1. The van der Waals surface area contributed by atoms with E-state index in [1.165, 1.54) is 11.3 Å². The Morgan fingerprint density at radius 1 is 1.56 bits per heavy atom. The number of carboxylic acid groups (broad SMARTS) is 1. The molecule has 18 heavy (non-hydrogen) atoms. The van der Waals surface area contributed by atoms with Gasteiger partial charge in [-0.3, -0.25) is 0 Å². The van der Waals surface area contributed by atoms with Gasteiger partial charge in [-0.2, -0.15) is 0 Å². The maximum atomic E-state index is 10.9. The third kappa shape index (κ3) is 3.02. The van der Waals surface area contributed by atoms with Crippen molar-refractivity contribution in [2.24, 2.45) is 0 Å². The van der Waals surface area contributed by atoms with Gasteiger partial charge in [0.05, 0.1) is 15.5 Å². The molecule has 0 aliphatic heterocycles. The lowest BCUT2D eigenvalue weighted by Gasteiger charge is -2.01. The van der Waals surface area contributed by atoms with E-state index >= 15 is 0 Å². The number of nitrogens with zero attached hydrogens (tertiary/aromatic N) is 1. The number of hydrogen-bond donors (Lipinski definition) is 2. The third-order valence-electron chi connectivity index (χ3n) is 2.31. The number of aryl methyl sites for hydroxylation is 1. The van der Waals surface area contributed by atoms with Crippen molar-refractivity contribution >= 4 is 34.2 Å². The van der Waals surface area contributed by atoms with Crippen molar-refractivity contribution in [3.05, 3.63) is 41.1 Å². The number of anilines is 1. The Labute approximate surface area is 113 Å². The molecule has 0 fully saturated rings. The first-order valence-corrected chi connectivity index (χ1v) is 7.04. The van der Waals surface area contributed by atoms with Gasteiger partial charge >= 0.3 is 5.97 Å². The maximum Gasteiger partial charge on any atom is 0.335 e. The zero-order chi connectivity index (χ0) is 13.1. The SMILES string of the molecule is Cc1nc(N)sc1SCc1cccc(C(=O)O)c1. The van der Waals surface area contributed by atoms with Gasteiger partial charge in [0.25, 0.3) is 0 Å². The lowest BCUT2D eigenvalue weighted by Crippen LogP contribution is -1.96. The molecule has 94 valence electrons. The molecule has 1 heterocycles. The highest BCUT2D eigenvalue weighted by molar-refractivity contribution is 8.00. The van der Waals surface area contributed by atoms with Crippen LogP contribution in [0.5, 0.6) is 0 Å². The minimum atomic E-state index is -0.903. The van der Waals surface area contributed by atoms with Crippen LogP contribution in [0.3, 0.4) is 0 Å². The van der Waals surface area contributed by atoms with Crippen molar-refractivity contribution in [3.63, 3.8) is 0 Å². The molecule has 0 aliphatic rings. The highest BCUT2D eigenvalue weighted by Crippen LogP contribution is 2.32. The molecular weight excluding hydrogens is 268 g/mol. The molecule has 3 N–H and O–H groups in total. The number of nitrogens with two attached hydrogens (primary N) is 1. The fourth-order valence-corrected chi connectivity index (χ4v) is 3.45. The number of aromatic carboxylic acids is 1. The van der Waals surface area contributed by atoms with Crippen molar-refractivity contribution in [1.29, 1.82) is 0 Å². The quantitative estimate of drug-likeness (QED) is 0.842. The number of benzene rings is 1. The summed E-state index contributed by atoms with van der Waals surface area (Å²) in [6.07, 6.45) is 0. The van der Waals surface area contributed by atoms with Crippen LogP contribution in [0, 0.1) is 6.92 Å². The van der Waals surface area contributed by atoms with Gasteiger partial charge in [0.15, 0.2) is 5.13 Å². The van der Waals surface area contributed by atoms with E-state index in [1.807, 2.05) is 13.0 Å². The first-order valence-electron chi connectivity index (χ1n) is 5.24. The largest absolute Gasteiger partial charge is 0.478 e. The van der Waals surface area contributed by atoms with Crippen LogP contribution in [0.15, 0.2) is 28.5 Å². The molecule has 0 amide bonds. The van der Waals surface area contributed by atoms with Crippen molar-refractivity contribution < 1.29 is 9.90 Å². The summed E-state index contributed by atoms with van der Waals surface area (Å²) in [6.45, 7) is 1.92. The normalized spacial score (nSPS) is 10.5. The van der Waals surface area contributed by atoms with Gasteiger partial charge < -0.3 is 10.8 Å². The minimum Gasteiger partial charge on any atom is -0.478 e. The van der Waals surface area contributed by atoms with Crippen LogP contribution in [0.4, 0.5) is 5.13 Å². The summed E-state index contributed by atoms with van der Waals surface area (Å²) in [4.78, 5) is 15.0. The smallest absolute Gasteiger partial charge is 0.335 e. The van der Waals surface area contributed by atoms with Gasteiger partial charge in [0, 0.05) is 5.75 Å². The van der Waals surface area contributed by atoms with E-state index in [0.29, 0.717) is 16.4 Å². The zero-order valence-electron chi connectivity index (χ0n) is 9.71. The van der Waals surface area contributed by atoms with Crippen LogP contribution in [0.1, 0.15) is 21.6 Å². The average Bonchev–Trinajstić information content (AvgIpc) is 2.65. The Balaban J connectivity index is 2.08. The summed E-state index contributed by atoms with van der Waals surface area (Å²) in [7, 11) is 0. The molecule has 2 rings (SSSR count). The molecule has 4 nitrogen and oxygen atoms in total. The van der Waals surface area contributed by atoms with E-state index in [4.69, 9.17) is 10.8 Å². The predicted octanol–water partition coefficient (Wildman–Crippen LogP) is 3.02. The second-order valence-electron chi connectivity index (χ2n) is 3.72. The lowest BCUT2D eigenvalue weighted by atomic mass is 10.1. The highest BCUT2D eigenvalue weighted by Gasteiger charge is 2.07. The van der Waals surface area contributed by atoms with Crippen molar-refractivity contribution in [2.75, 3.05) is 5.73 Å². The number of carbonyl (C=O) groups is 1. The second-order valence-corrected chi connectivity index (χ2v) is 5.99. The molecule has 0 radical (unpaired) electrons. The molecule has 0 aliphatic carbocycles. The maximum absolute atomic E-state index is 10.9. The Morgan fingerprint density at radius 2 is 2.33 bits per heavy atom. The first kappa shape index (κ1) is 12.9. The van der Waals surface area contributed by atoms with Gasteiger partial charge in [-0.15, -0.1) is 11.8 Å². The average molecular weight is 280 g/mol. The highest BCUT2D eigenvalue weighted by atomic mass is 32.2. The van der Waals surface area contributed by atoms with Crippen LogP contribution in [0.25, 0.3) is 0 Å². The van der Waals surface area contributed by atoms with Crippen LogP contribution in [-0.4, -0.2) is 16.1 Å². The van der Waals surface area contributed by atoms with Crippen molar-refractivity contribution in [1.82, 2.24) is 4.98 Å². The number of carboxylic acids is 1. The summed E-state index contributed by atoms with van der Waals surface area (Å²) in [5.41, 5.74) is 7.85. The van der Waals surface area contributed by atoms with E-state index < -0.39 is 5.97 Å². The molecule has 0 saturated heterocycles. The van der Waals surface area contributed by atoms with E-state index in [-0.39, 0.29) is 0 Å². The molecule has 0 bridgehead atoms. The summed E-state index contributed by atoms with van der Waals surface area (Å²) >= 11 is 3.08. The molecule has 0 spiro atoms. The monoisotopic (exact) mass is 280 g/mol. The predicted molar refractivity (Wildman–Crippen MR) is 74.2 cm³/mol. The lowest BCUT2D eigenvalue weighted by molar-refractivity contribution is 0.0697. The summed E-state index contributed by atoms with van der Waals surface area (Å²) in [5, 5.41) is 9.47. The molecule has 1 aromatic carbocycles. The Hall–Kier alpha value is -1.53. The Morgan fingerprint density at radius 3 is 2.94 bits per heavy atom. The summed E-state index contributed by atoms with van der Waals surface area (Å²) in [6, 6.07) is 6.95. The zero-order valence-corrected chi connectivity index (χ0v) is 11.3.